The van der Waals surface area contributed by atoms with E-state index in [2.05, 4.69) is 21.2 Å². The second-order valence-electron chi connectivity index (χ2n) is 4.15. The van der Waals surface area contributed by atoms with E-state index in [1.807, 2.05) is 0 Å². The molecule has 1 N–H and O–H groups in total. The van der Waals surface area contributed by atoms with Gasteiger partial charge in [-0.15, -0.1) is 0 Å². The van der Waals surface area contributed by atoms with Gasteiger partial charge in [-0.1, -0.05) is 57.9 Å². The van der Waals surface area contributed by atoms with Gasteiger partial charge in [0.25, 0.3) is 0 Å². The Labute approximate surface area is 127 Å². The summed E-state index contributed by atoms with van der Waals surface area (Å²) < 4.78 is 40.3. The predicted molar refractivity (Wildman–Crippen MR) is 78.0 cm³/mol. The monoisotopic (exact) mass is 363 g/mol. The summed E-state index contributed by atoms with van der Waals surface area (Å²) in [6.45, 7) is 0. The molecule has 1 unspecified atom stereocenters. The molecule has 0 saturated heterocycles. The second-order valence-corrected chi connectivity index (χ2v) is 5.48. The molecule has 0 amide bonds. The zero-order valence-corrected chi connectivity index (χ0v) is 12.4. The summed E-state index contributed by atoms with van der Waals surface area (Å²) in [6, 6.07) is 10.5. The molecule has 0 aliphatic carbocycles. The molecule has 1 nitrogen and oxygen atoms in total. The minimum Gasteiger partial charge on any atom is -0.369 e. The lowest BCUT2D eigenvalue weighted by molar-refractivity contribution is -0.144. The summed E-state index contributed by atoms with van der Waals surface area (Å²) in [5, 5.41) is 2.68. The van der Waals surface area contributed by atoms with Crippen molar-refractivity contribution >= 4 is 33.2 Å². The number of hydrogen-bond acceptors (Lipinski definition) is 1. The van der Waals surface area contributed by atoms with Gasteiger partial charge in [0.1, 0.15) is 6.04 Å². The van der Waals surface area contributed by atoms with Crippen LogP contribution in [0.5, 0.6) is 0 Å². The van der Waals surface area contributed by atoms with Crippen molar-refractivity contribution in [1.82, 2.24) is 0 Å². The lowest BCUT2D eigenvalue weighted by Gasteiger charge is -2.23. The van der Waals surface area contributed by atoms with E-state index in [0.29, 0.717) is 4.47 Å². The standard InChI is InChI=1S/C14H10BrClF3N/c15-10-6-7-12(11(16)8-10)20-13(14(17,18)19)9-4-2-1-3-5-9/h1-8,13,20H. The highest BCUT2D eigenvalue weighted by Crippen LogP contribution is 2.37. The molecule has 20 heavy (non-hydrogen) atoms. The smallest absolute Gasteiger partial charge is 0.369 e. The third kappa shape index (κ3) is 3.67. The van der Waals surface area contributed by atoms with E-state index in [9.17, 15) is 13.2 Å². The Morgan fingerprint density at radius 1 is 1.05 bits per heavy atom. The number of hydrogen-bond donors (Lipinski definition) is 1. The summed E-state index contributed by atoms with van der Waals surface area (Å²) in [5.41, 5.74) is 0.375. The van der Waals surface area contributed by atoms with E-state index in [1.54, 1.807) is 30.3 Å². The molecule has 0 fully saturated rings. The summed E-state index contributed by atoms with van der Waals surface area (Å²) in [4.78, 5) is 0. The molecule has 0 aliphatic heterocycles. The normalized spacial score (nSPS) is 13.1. The maximum Gasteiger partial charge on any atom is 0.412 e. The minimum absolute atomic E-state index is 0.138. The van der Waals surface area contributed by atoms with Gasteiger partial charge >= 0.3 is 6.18 Å². The van der Waals surface area contributed by atoms with Crippen LogP contribution in [0.15, 0.2) is 53.0 Å². The Morgan fingerprint density at radius 2 is 1.70 bits per heavy atom. The van der Waals surface area contributed by atoms with Gasteiger partial charge in [-0.3, -0.25) is 0 Å². The number of benzene rings is 2. The lowest BCUT2D eigenvalue weighted by atomic mass is 10.1. The number of rotatable bonds is 3. The molecule has 0 radical (unpaired) electrons. The Hall–Kier alpha value is -1.20. The zero-order valence-electron chi connectivity index (χ0n) is 10.1. The van der Waals surface area contributed by atoms with Crippen molar-refractivity contribution in [2.24, 2.45) is 0 Å². The molecule has 106 valence electrons. The first-order chi connectivity index (χ1) is 9.38. The molecule has 0 aliphatic rings. The average Bonchev–Trinajstić information content (AvgIpc) is 2.37. The predicted octanol–water partition coefficient (Wildman–Crippen LogP) is 5.82. The Bertz CT molecular complexity index is 587. The molecule has 0 heterocycles. The largest absolute Gasteiger partial charge is 0.412 e. The van der Waals surface area contributed by atoms with Crippen molar-refractivity contribution in [3.05, 3.63) is 63.6 Å². The van der Waals surface area contributed by atoms with E-state index in [4.69, 9.17) is 11.6 Å². The molecule has 0 saturated carbocycles. The Morgan fingerprint density at radius 3 is 2.25 bits per heavy atom. The van der Waals surface area contributed by atoms with E-state index in [1.165, 1.54) is 18.2 Å². The number of halogens is 5. The van der Waals surface area contributed by atoms with Gasteiger partial charge in [-0.05, 0) is 23.8 Å². The third-order valence-corrected chi connectivity index (χ3v) is 3.50. The highest BCUT2D eigenvalue weighted by Gasteiger charge is 2.41. The van der Waals surface area contributed by atoms with E-state index >= 15 is 0 Å². The number of alkyl halides is 3. The number of nitrogens with one attached hydrogen (secondary N) is 1. The lowest BCUT2D eigenvalue weighted by Crippen LogP contribution is -2.27. The van der Waals surface area contributed by atoms with Crippen molar-refractivity contribution in [2.75, 3.05) is 5.32 Å². The molecule has 0 aromatic heterocycles. The van der Waals surface area contributed by atoms with Crippen molar-refractivity contribution in [3.63, 3.8) is 0 Å². The van der Waals surface area contributed by atoms with Crippen LogP contribution in [0.25, 0.3) is 0 Å². The highest BCUT2D eigenvalue weighted by molar-refractivity contribution is 9.10. The van der Waals surface area contributed by atoms with Gasteiger partial charge in [0.2, 0.25) is 0 Å². The maximum atomic E-state index is 13.2. The minimum atomic E-state index is -4.42. The van der Waals surface area contributed by atoms with Crippen LogP contribution in [0, 0.1) is 0 Å². The molecule has 0 bridgehead atoms. The molecule has 1 atom stereocenters. The highest BCUT2D eigenvalue weighted by atomic mass is 79.9. The molecular formula is C14H10BrClF3N. The fourth-order valence-corrected chi connectivity index (χ4v) is 2.49. The van der Waals surface area contributed by atoms with E-state index < -0.39 is 12.2 Å². The quantitative estimate of drug-likeness (QED) is 0.724. The van der Waals surface area contributed by atoms with Gasteiger partial charge in [0, 0.05) is 4.47 Å². The Kier molecular flexibility index (Phi) is 4.60. The summed E-state index contributed by atoms with van der Waals surface area (Å²) in [7, 11) is 0. The van der Waals surface area contributed by atoms with Crippen LogP contribution < -0.4 is 5.32 Å². The van der Waals surface area contributed by atoms with Gasteiger partial charge in [-0.25, -0.2) is 0 Å². The fraction of sp³-hybridized carbons (Fsp3) is 0.143. The number of anilines is 1. The summed E-state index contributed by atoms with van der Waals surface area (Å²) in [6.07, 6.45) is -4.42. The molecular weight excluding hydrogens is 355 g/mol. The first-order valence-electron chi connectivity index (χ1n) is 5.71. The van der Waals surface area contributed by atoms with Crippen LogP contribution >= 0.6 is 27.5 Å². The zero-order chi connectivity index (χ0) is 14.8. The molecule has 2 aromatic carbocycles. The fourth-order valence-electron chi connectivity index (χ4n) is 1.76. The molecule has 6 heteroatoms. The molecule has 2 rings (SSSR count). The van der Waals surface area contributed by atoms with Crippen LogP contribution in [0.1, 0.15) is 11.6 Å². The van der Waals surface area contributed by atoms with E-state index in [-0.39, 0.29) is 16.3 Å². The van der Waals surface area contributed by atoms with Crippen molar-refractivity contribution in [3.8, 4) is 0 Å². The van der Waals surface area contributed by atoms with Crippen molar-refractivity contribution in [2.45, 2.75) is 12.2 Å². The summed E-state index contributed by atoms with van der Waals surface area (Å²) in [5.74, 6) is 0. The molecule has 2 aromatic rings. The van der Waals surface area contributed by atoms with E-state index in [0.717, 1.165) is 0 Å². The SMILES string of the molecule is FC(F)(F)C(Nc1ccc(Br)cc1Cl)c1ccccc1. The van der Waals surface area contributed by atoms with Crippen LogP contribution in [0.3, 0.4) is 0 Å². The van der Waals surface area contributed by atoms with Crippen LogP contribution in [-0.2, 0) is 0 Å². The van der Waals surface area contributed by atoms with Gasteiger partial charge < -0.3 is 5.32 Å². The first-order valence-corrected chi connectivity index (χ1v) is 6.88. The van der Waals surface area contributed by atoms with Gasteiger partial charge in [-0.2, -0.15) is 13.2 Å². The van der Waals surface area contributed by atoms with Crippen LogP contribution in [-0.4, -0.2) is 6.18 Å². The van der Waals surface area contributed by atoms with Crippen molar-refractivity contribution in [1.29, 1.82) is 0 Å². The second kappa shape index (κ2) is 6.06. The van der Waals surface area contributed by atoms with Gasteiger partial charge in [0.15, 0.2) is 0 Å². The molecule has 0 spiro atoms. The van der Waals surface area contributed by atoms with Crippen molar-refractivity contribution < 1.29 is 13.2 Å². The average molecular weight is 365 g/mol. The van der Waals surface area contributed by atoms with Crippen LogP contribution in [0.4, 0.5) is 18.9 Å². The maximum absolute atomic E-state index is 13.2. The topological polar surface area (TPSA) is 12.0 Å². The summed E-state index contributed by atoms with van der Waals surface area (Å²) >= 11 is 9.16. The third-order valence-electron chi connectivity index (χ3n) is 2.69. The van der Waals surface area contributed by atoms with Gasteiger partial charge in [0.05, 0.1) is 10.7 Å². The van der Waals surface area contributed by atoms with Crippen LogP contribution in [0.2, 0.25) is 5.02 Å². The first kappa shape index (κ1) is 15.2. The Balaban J connectivity index is 2.34.